The third-order valence-electron chi connectivity index (χ3n) is 16.0. The van der Waals surface area contributed by atoms with E-state index in [4.69, 9.17) is 9.97 Å². The molecule has 0 saturated heterocycles. The van der Waals surface area contributed by atoms with Crippen LogP contribution < -0.4 is 0 Å². The Balaban J connectivity index is 0.790. The maximum Gasteiger partial charge on any atom is 0.160 e. The predicted octanol–water partition coefficient (Wildman–Crippen LogP) is 19.0. The quantitative estimate of drug-likeness (QED) is 0.152. The van der Waals surface area contributed by atoms with Crippen LogP contribution in [-0.2, 0) is 0 Å². The number of para-hydroxylation sites is 3. The van der Waals surface area contributed by atoms with Crippen molar-refractivity contribution in [2.24, 2.45) is 0 Å². The second-order valence-corrected chi connectivity index (χ2v) is 20.8. The molecule has 0 aliphatic rings. The standard InChI is InChI=1S/C73H51N5/c1-46-24-39-70-62(42-46)61-20-10-13-23-69(61)78(70)56-38-41-72-64(44-56)63-43-55(77-67-21-11-8-18-59(67)60-19-9-12-22-68(60)77)37-40-71(63)76(72)54-35-33-52(34-36-54)50-27-25-49(26-28-50)51-29-31-53(32-30-51)65-45-66(57-16-6-4-14-47(57)2)75-73(74-65)58-17-7-5-15-48(58)3/h4-45H,1-3H3. The van der Waals surface area contributed by atoms with Gasteiger partial charge >= 0.3 is 0 Å². The zero-order valence-electron chi connectivity index (χ0n) is 43.5. The first kappa shape index (κ1) is 45.3. The Morgan fingerprint density at radius 1 is 0.256 bits per heavy atom. The van der Waals surface area contributed by atoms with Crippen LogP contribution in [0.3, 0.4) is 0 Å². The van der Waals surface area contributed by atoms with Gasteiger partial charge in [-0.15, -0.1) is 0 Å². The second kappa shape index (κ2) is 18.0. The largest absolute Gasteiger partial charge is 0.309 e. The van der Waals surface area contributed by atoms with Gasteiger partial charge in [-0.25, -0.2) is 9.97 Å². The number of fused-ring (bicyclic) bond motifs is 9. The van der Waals surface area contributed by atoms with Crippen molar-refractivity contribution >= 4 is 65.4 Å². The summed E-state index contributed by atoms with van der Waals surface area (Å²) in [5.74, 6) is 0.733. The fraction of sp³-hybridized carbons (Fsp3) is 0.0411. The number of benzene rings is 11. The maximum absolute atomic E-state index is 5.14. The molecule has 5 heteroatoms. The first-order valence-electron chi connectivity index (χ1n) is 26.8. The smallest absolute Gasteiger partial charge is 0.160 e. The summed E-state index contributed by atoms with van der Waals surface area (Å²) in [6.45, 7) is 6.43. The van der Waals surface area contributed by atoms with Gasteiger partial charge in [-0.05, 0) is 139 Å². The lowest BCUT2D eigenvalue weighted by Crippen LogP contribution is -1.98. The number of rotatable bonds is 8. The minimum atomic E-state index is 0.733. The third kappa shape index (κ3) is 7.38. The van der Waals surface area contributed by atoms with Gasteiger partial charge in [0.15, 0.2) is 5.82 Å². The Labute approximate surface area is 452 Å². The van der Waals surface area contributed by atoms with E-state index >= 15 is 0 Å². The van der Waals surface area contributed by atoms with Crippen LogP contribution in [0.4, 0.5) is 0 Å². The zero-order valence-corrected chi connectivity index (χ0v) is 43.5. The third-order valence-corrected chi connectivity index (χ3v) is 16.0. The minimum absolute atomic E-state index is 0.733. The fourth-order valence-corrected chi connectivity index (χ4v) is 12.2. The lowest BCUT2D eigenvalue weighted by Gasteiger charge is -2.12. The number of hydrogen-bond acceptors (Lipinski definition) is 2. The highest BCUT2D eigenvalue weighted by Gasteiger charge is 2.20. The molecule has 78 heavy (non-hydrogen) atoms. The van der Waals surface area contributed by atoms with Crippen LogP contribution in [0.25, 0.3) is 139 Å². The molecule has 0 atom stereocenters. The number of hydrogen-bond donors (Lipinski definition) is 0. The van der Waals surface area contributed by atoms with Gasteiger partial charge in [0.05, 0.1) is 44.5 Å². The van der Waals surface area contributed by atoms with E-state index < -0.39 is 0 Å². The van der Waals surface area contributed by atoms with Crippen molar-refractivity contribution in [1.29, 1.82) is 0 Å². The first-order valence-corrected chi connectivity index (χ1v) is 26.8. The van der Waals surface area contributed by atoms with Gasteiger partial charge in [0.25, 0.3) is 0 Å². The molecule has 0 N–H and O–H groups in total. The maximum atomic E-state index is 5.14. The van der Waals surface area contributed by atoms with Gasteiger partial charge in [-0.1, -0.05) is 175 Å². The van der Waals surface area contributed by atoms with Gasteiger partial charge in [-0.3, -0.25) is 0 Å². The van der Waals surface area contributed by atoms with Crippen LogP contribution in [0, 0.1) is 20.8 Å². The molecule has 15 rings (SSSR count). The van der Waals surface area contributed by atoms with Gasteiger partial charge in [0.2, 0.25) is 0 Å². The number of nitrogens with zero attached hydrogens (tertiary/aromatic N) is 5. The second-order valence-electron chi connectivity index (χ2n) is 20.8. The van der Waals surface area contributed by atoms with E-state index in [2.05, 4.69) is 289 Å². The van der Waals surface area contributed by atoms with E-state index in [1.165, 1.54) is 71.1 Å². The van der Waals surface area contributed by atoms with Gasteiger partial charge in [-0.2, -0.15) is 0 Å². The zero-order chi connectivity index (χ0) is 52.0. The molecule has 0 unspecified atom stereocenters. The van der Waals surface area contributed by atoms with Gasteiger partial charge < -0.3 is 13.7 Å². The molecule has 0 spiro atoms. The average molecular weight is 998 g/mol. The lowest BCUT2D eigenvalue weighted by atomic mass is 9.98. The molecule has 11 aromatic carbocycles. The van der Waals surface area contributed by atoms with Crippen LogP contribution in [0.15, 0.2) is 255 Å². The van der Waals surface area contributed by atoms with E-state index in [0.29, 0.717) is 0 Å². The molecule has 4 aromatic heterocycles. The average Bonchev–Trinajstić information content (AvgIpc) is 4.31. The minimum Gasteiger partial charge on any atom is -0.309 e. The summed E-state index contributed by atoms with van der Waals surface area (Å²) >= 11 is 0. The van der Waals surface area contributed by atoms with Crippen molar-refractivity contribution in [1.82, 2.24) is 23.7 Å². The summed E-state index contributed by atoms with van der Waals surface area (Å²) in [5.41, 5.74) is 23.8. The highest BCUT2D eigenvalue weighted by molar-refractivity contribution is 6.14. The predicted molar refractivity (Wildman–Crippen MR) is 326 cm³/mol. The van der Waals surface area contributed by atoms with Crippen LogP contribution in [-0.4, -0.2) is 23.7 Å². The first-order chi connectivity index (χ1) is 38.4. The molecule has 0 radical (unpaired) electrons. The molecule has 0 fully saturated rings. The lowest BCUT2D eigenvalue weighted by molar-refractivity contribution is 1.16. The molecule has 0 saturated carbocycles. The van der Waals surface area contributed by atoms with Crippen LogP contribution in [0.5, 0.6) is 0 Å². The molecule has 5 nitrogen and oxygen atoms in total. The van der Waals surface area contributed by atoms with E-state index in [0.717, 1.165) is 84.3 Å². The highest BCUT2D eigenvalue weighted by atomic mass is 15.0. The number of aryl methyl sites for hydroxylation is 3. The highest BCUT2D eigenvalue weighted by Crippen LogP contribution is 2.41. The molecule has 4 heterocycles. The fourth-order valence-electron chi connectivity index (χ4n) is 12.2. The SMILES string of the molecule is Cc1ccc2c(c1)c1ccccc1n2-c1ccc2c(c1)c1cc(-n3c4ccccc4c4ccccc43)ccc1n2-c1ccc(-c2ccc(-c3ccc(-c4cc(-c5ccccc5C)nc(-c5ccccc5C)n4)cc3)cc2)cc1. The molecule has 0 aliphatic carbocycles. The Hall–Kier alpha value is -10.1. The summed E-state index contributed by atoms with van der Waals surface area (Å²) in [7, 11) is 0. The normalized spacial score (nSPS) is 11.8. The van der Waals surface area contributed by atoms with Crippen molar-refractivity contribution in [3.8, 4) is 73.2 Å². The molecule has 0 bridgehead atoms. The summed E-state index contributed by atoms with van der Waals surface area (Å²) in [5, 5.41) is 7.44. The summed E-state index contributed by atoms with van der Waals surface area (Å²) in [4.78, 5) is 10.2. The van der Waals surface area contributed by atoms with Gasteiger partial charge in [0, 0.05) is 66.1 Å². The van der Waals surface area contributed by atoms with Gasteiger partial charge in [0.1, 0.15) is 0 Å². The van der Waals surface area contributed by atoms with Crippen molar-refractivity contribution in [3.05, 3.63) is 271 Å². The Bertz CT molecular complexity index is 4740. The molecular formula is C73H51N5. The van der Waals surface area contributed by atoms with Crippen molar-refractivity contribution in [2.75, 3.05) is 0 Å². The molecule has 0 amide bonds. The molecule has 15 aromatic rings. The van der Waals surface area contributed by atoms with E-state index in [9.17, 15) is 0 Å². The Kier molecular flexibility index (Phi) is 10.5. The monoisotopic (exact) mass is 997 g/mol. The van der Waals surface area contributed by atoms with Crippen LogP contribution in [0.1, 0.15) is 16.7 Å². The molecule has 0 aliphatic heterocycles. The van der Waals surface area contributed by atoms with E-state index in [1.54, 1.807) is 0 Å². The summed E-state index contributed by atoms with van der Waals surface area (Å²) in [6.07, 6.45) is 0. The van der Waals surface area contributed by atoms with E-state index in [1.807, 2.05) is 0 Å². The summed E-state index contributed by atoms with van der Waals surface area (Å²) < 4.78 is 7.29. The van der Waals surface area contributed by atoms with Crippen molar-refractivity contribution < 1.29 is 0 Å². The molecule has 368 valence electrons. The number of aromatic nitrogens is 5. The Morgan fingerprint density at radius 3 is 1.13 bits per heavy atom. The van der Waals surface area contributed by atoms with Crippen LogP contribution >= 0.6 is 0 Å². The van der Waals surface area contributed by atoms with E-state index in [-0.39, 0.29) is 0 Å². The van der Waals surface area contributed by atoms with Crippen LogP contribution in [0.2, 0.25) is 0 Å². The summed E-state index contributed by atoms with van der Waals surface area (Å²) in [6, 6.07) is 92.8. The van der Waals surface area contributed by atoms with Crippen molar-refractivity contribution in [3.63, 3.8) is 0 Å². The topological polar surface area (TPSA) is 40.6 Å². The van der Waals surface area contributed by atoms with Crippen molar-refractivity contribution in [2.45, 2.75) is 20.8 Å². The Morgan fingerprint density at radius 2 is 0.615 bits per heavy atom. The molecular weight excluding hydrogens is 947 g/mol.